The molecule has 0 atom stereocenters. The molecule has 1 aliphatic heterocycles. The Labute approximate surface area is 97.0 Å². The number of halogens is 1. The van der Waals surface area contributed by atoms with Crippen molar-refractivity contribution in [1.29, 1.82) is 0 Å². The Kier molecular flexibility index (Phi) is 4.77. The number of hydrogen-bond acceptors (Lipinski definition) is 3. The number of amides is 2. The van der Waals surface area contributed by atoms with Crippen LogP contribution in [0.2, 0.25) is 0 Å². The summed E-state index contributed by atoms with van der Waals surface area (Å²) in [6.07, 6.45) is 0. The highest BCUT2D eigenvalue weighted by atomic mass is 79.9. The molecule has 0 unspecified atom stereocenters. The van der Waals surface area contributed by atoms with E-state index in [2.05, 4.69) is 33.1 Å². The first-order valence-electron chi connectivity index (χ1n) is 4.68. The van der Waals surface area contributed by atoms with Crippen LogP contribution in [0.4, 0.5) is 0 Å². The summed E-state index contributed by atoms with van der Waals surface area (Å²) in [4.78, 5) is 24.2. The number of nitrogens with zero attached hydrogens (tertiary/aromatic N) is 1. The van der Waals surface area contributed by atoms with Crippen LogP contribution in [0.5, 0.6) is 0 Å². The van der Waals surface area contributed by atoms with E-state index >= 15 is 0 Å². The van der Waals surface area contributed by atoms with E-state index in [9.17, 15) is 9.59 Å². The molecule has 15 heavy (non-hydrogen) atoms. The van der Waals surface area contributed by atoms with Crippen LogP contribution in [0.15, 0.2) is 11.1 Å². The van der Waals surface area contributed by atoms with Gasteiger partial charge in [0.2, 0.25) is 11.8 Å². The molecular formula is C9H14BrN3O2. The minimum absolute atomic E-state index is 0.0333. The second-order valence-electron chi connectivity index (χ2n) is 3.29. The standard InChI is InChI=1S/C9H14BrN3O2/c1-7(10)4-12-8(14)6-13-3-2-11-5-9(13)15/h11H,1-6H2,(H,12,14). The zero-order chi connectivity index (χ0) is 11.3. The van der Waals surface area contributed by atoms with Gasteiger partial charge in [-0.2, -0.15) is 0 Å². The van der Waals surface area contributed by atoms with Crippen molar-refractivity contribution < 1.29 is 9.59 Å². The molecule has 1 fully saturated rings. The summed E-state index contributed by atoms with van der Waals surface area (Å²) >= 11 is 3.14. The summed E-state index contributed by atoms with van der Waals surface area (Å²) in [5.74, 6) is -0.195. The fraction of sp³-hybridized carbons (Fsp3) is 0.556. The van der Waals surface area contributed by atoms with Gasteiger partial charge >= 0.3 is 0 Å². The summed E-state index contributed by atoms with van der Waals surface area (Å²) < 4.78 is 0.711. The Bertz CT molecular complexity index is 281. The van der Waals surface area contributed by atoms with Gasteiger partial charge in [-0.05, 0) is 0 Å². The highest BCUT2D eigenvalue weighted by Gasteiger charge is 2.19. The van der Waals surface area contributed by atoms with Crippen LogP contribution in [-0.2, 0) is 9.59 Å². The lowest BCUT2D eigenvalue weighted by Crippen LogP contribution is -2.51. The van der Waals surface area contributed by atoms with Gasteiger partial charge in [0.25, 0.3) is 0 Å². The number of carbonyl (C=O) groups is 2. The molecule has 0 spiro atoms. The molecular weight excluding hydrogens is 262 g/mol. The predicted octanol–water partition coefficient (Wildman–Crippen LogP) is -0.557. The zero-order valence-electron chi connectivity index (χ0n) is 8.38. The number of piperazine rings is 1. The first kappa shape index (κ1) is 12.2. The molecule has 0 aromatic carbocycles. The van der Waals surface area contributed by atoms with Gasteiger partial charge in [-0.15, -0.1) is 0 Å². The molecule has 0 bridgehead atoms. The van der Waals surface area contributed by atoms with E-state index in [1.165, 1.54) is 0 Å². The Hall–Kier alpha value is -0.880. The van der Waals surface area contributed by atoms with E-state index in [-0.39, 0.29) is 18.4 Å². The van der Waals surface area contributed by atoms with E-state index in [4.69, 9.17) is 0 Å². The Morgan fingerprint density at radius 2 is 2.40 bits per heavy atom. The monoisotopic (exact) mass is 275 g/mol. The Balaban J connectivity index is 2.30. The summed E-state index contributed by atoms with van der Waals surface area (Å²) in [7, 11) is 0. The lowest BCUT2D eigenvalue weighted by molar-refractivity contribution is -0.136. The van der Waals surface area contributed by atoms with Gasteiger partial charge in [-0.3, -0.25) is 9.59 Å². The summed E-state index contributed by atoms with van der Waals surface area (Å²) in [5.41, 5.74) is 0. The van der Waals surface area contributed by atoms with Gasteiger partial charge < -0.3 is 15.5 Å². The molecule has 0 radical (unpaired) electrons. The van der Waals surface area contributed by atoms with Gasteiger partial charge in [-0.25, -0.2) is 0 Å². The van der Waals surface area contributed by atoms with Gasteiger partial charge in [0.05, 0.1) is 13.1 Å². The van der Waals surface area contributed by atoms with Gasteiger partial charge in [0.1, 0.15) is 0 Å². The van der Waals surface area contributed by atoms with Crippen molar-refractivity contribution >= 4 is 27.7 Å². The molecule has 2 N–H and O–H groups in total. The van der Waals surface area contributed by atoms with E-state index < -0.39 is 0 Å². The van der Waals surface area contributed by atoms with Crippen molar-refractivity contribution in [3.05, 3.63) is 11.1 Å². The quantitative estimate of drug-likeness (QED) is 0.724. The highest BCUT2D eigenvalue weighted by molar-refractivity contribution is 9.11. The maximum absolute atomic E-state index is 11.4. The van der Waals surface area contributed by atoms with Crippen LogP contribution in [-0.4, -0.2) is 49.4 Å². The molecule has 1 saturated heterocycles. The van der Waals surface area contributed by atoms with Crippen molar-refractivity contribution in [2.45, 2.75) is 0 Å². The number of hydrogen-bond donors (Lipinski definition) is 2. The van der Waals surface area contributed by atoms with Gasteiger partial charge in [0, 0.05) is 24.1 Å². The molecule has 1 rings (SSSR count). The minimum atomic E-state index is -0.161. The first-order chi connectivity index (χ1) is 7.09. The van der Waals surface area contributed by atoms with Gasteiger partial charge in [-0.1, -0.05) is 22.5 Å². The van der Waals surface area contributed by atoms with Crippen LogP contribution in [0.3, 0.4) is 0 Å². The SMILES string of the molecule is C=C(Br)CNC(=O)CN1CCNCC1=O. The third-order valence-electron chi connectivity index (χ3n) is 2.00. The molecule has 0 aromatic heterocycles. The average Bonchev–Trinajstić information content (AvgIpc) is 2.18. The topological polar surface area (TPSA) is 61.4 Å². The lowest BCUT2D eigenvalue weighted by atomic mass is 10.3. The maximum atomic E-state index is 11.4. The van der Waals surface area contributed by atoms with E-state index in [1.54, 1.807) is 4.90 Å². The van der Waals surface area contributed by atoms with Crippen LogP contribution >= 0.6 is 15.9 Å². The van der Waals surface area contributed by atoms with Gasteiger partial charge in [0.15, 0.2) is 0 Å². The third kappa shape index (κ3) is 4.44. The summed E-state index contributed by atoms with van der Waals surface area (Å²) in [5, 5.41) is 5.59. The number of nitrogens with one attached hydrogen (secondary N) is 2. The number of rotatable bonds is 4. The molecule has 84 valence electrons. The normalized spacial score (nSPS) is 16.3. The molecule has 0 aliphatic carbocycles. The molecule has 1 aliphatic rings. The predicted molar refractivity (Wildman–Crippen MR) is 60.5 cm³/mol. The zero-order valence-corrected chi connectivity index (χ0v) is 9.97. The Morgan fingerprint density at radius 1 is 1.67 bits per heavy atom. The minimum Gasteiger partial charge on any atom is -0.350 e. The smallest absolute Gasteiger partial charge is 0.239 e. The largest absolute Gasteiger partial charge is 0.350 e. The molecule has 2 amide bonds. The second kappa shape index (κ2) is 5.87. The fourth-order valence-electron chi connectivity index (χ4n) is 1.24. The molecule has 0 saturated carbocycles. The third-order valence-corrected chi connectivity index (χ3v) is 2.28. The van der Waals surface area contributed by atoms with Crippen molar-refractivity contribution in [3.8, 4) is 0 Å². The first-order valence-corrected chi connectivity index (χ1v) is 5.47. The summed E-state index contributed by atoms with van der Waals surface area (Å²) in [6, 6.07) is 0. The Morgan fingerprint density at radius 3 is 3.00 bits per heavy atom. The molecule has 0 aromatic rings. The van der Waals surface area contributed by atoms with Crippen molar-refractivity contribution in [1.82, 2.24) is 15.5 Å². The lowest BCUT2D eigenvalue weighted by Gasteiger charge is -2.26. The van der Waals surface area contributed by atoms with E-state index in [0.717, 1.165) is 6.54 Å². The van der Waals surface area contributed by atoms with Crippen molar-refractivity contribution in [2.24, 2.45) is 0 Å². The van der Waals surface area contributed by atoms with Crippen LogP contribution in [0.25, 0.3) is 0 Å². The number of carbonyl (C=O) groups excluding carboxylic acids is 2. The fourth-order valence-corrected chi connectivity index (χ4v) is 1.38. The van der Waals surface area contributed by atoms with E-state index in [0.29, 0.717) is 24.1 Å². The average molecular weight is 276 g/mol. The van der Waals surface area contributed by atoms with Crippen LogP contribution < -0.4 is 10.6 Å². The summed E-state index contributed by atoms with van der Waals surface area (Å²) in [6.45, 7) is 5.76. The maximum Gasteiger partial charge on any atom is 0.239 e. The molecule has 1 heterocycles. The highest BCUT2D eigenvalue weighted by Crippen LogP contribution is 1.97. The second-order valence-corrected chi connectivity index (χ2v) is 4.41. The molecule has 5 nitrogen and oxygen atoms in total. The van der Waals surface area contributed by atoms with Crippen molar-refractivity contribution in [2.75, 3.05) is 32.7 Å². The van der Waals surface area contributed by atoms with Crippen LogP contribution in [0.1, 0.15) is 0 Å². The van der Waals surface area contributed by atoms with E-state index in [1.807, 2.05) is 0 Å². The molecule has 6 heteroatoms. The van der Waals surface area contributed by atoms with Crippen LogP contribution in [0, 0.1) is 0 Å². The van der Waals surface area contributed by atoms with Crippen molar-refractivity contribution in [3.63, 3.8) is 0 Å².